The SMILES string of the molecule is CC=Nc1ccc(Oc2cccc(Oc3ccc(C)cc3)c2)cc1. The molecule has 0 atom stereocenters. The summed E-state index contributed by atoms with van der Waals surface area (Å²) in [6.45, 7) is 3.94. The van der Waals surface area contributed by atoms with Gasteiger partial charge in [-0.2, -0.15) is 0 Å². The van der Waals surface area contributed by atoms with Crippen molar-refractivity contribution in [3.05, 3.63) is 78.4 Å². The van der Waals surface area contributed by atoms with Crippen LogP contribution in [0.15, 0.2) is 77.8 Å². The molecule has 0 amide bonds. The molecule has 0 heterocycles. The zero-order valence-corrected chi connectivity index (χ0v) is 13.8. The summed E-state index contributed by atoms with van der Waals surface area (Å²) in [5.41, 5.74) is 2.11. The standard InChI is InChI=1S/C21H19NO2/c1-3-22-17-9-13-19(14-10-17)24-21-6-4-5-20(15-21)23-18-11-7-16(2)8-12-18/h3-15H,1-2H3. The number of benzene rings is 3. The van der Waals surface area contributed by atoms with E-state index in [-0.39, 0.29) is 0 Å². The van der Waals surface area contributed by atoms with E-state index in [1.54, 1.807) is 6.21 Å². The summed E-state index contributed by atoms with van der Waals surface area (Å²) >= 11 is 0. The Bertz CT molecular complexity index is 821. The second kappa shape index (κ2) is 7.47. The van der Waals surface area contributed by atoms with Crippen LogP contribution < -0.4 is 9.47 Å². The van der Waals surface area contributed by atoms with Crippen molar-refractivity contribution >= 4 is 11.9 Å². The topological polar surface area (TPSA) is 30.8 Å². The number of hydrogen-bond donors (Lipinski definition) is 0. The first-order valence-electron chi connectivity index (χ1n) is 7.84. The molecule has 3 heteroatoms. The largest absolute Gasteiger partial charge is 0.457 e. The van der Waals surface area contributed by atoms with Crippen molar-refractivity contribution in [3.8, 4) is 23.0 Å². The molecular weight excluding hydrogens is 298 g/mol. The summed E-state index contributed by atoms with van der Waals surface area (Å²) in [5, 5.41) is 0. The van der Waals surface area contributed by atoms with Gasteiger partial charge in [-0.1, -0.05) is 23.8 Å². The van der Waals surface area contributed by atoms with Gasteiger partial charge in [0, 0.05) is 12.3 Å². The van der Waals surface area contributed by atoms with Crippen LogP contribution in [0, 0.1) is 6.92 Å². The number of hydrogen-bond acceptors (Lipinski definition) is 3. The second-order valence-electron chi connectivity index (χ2n) is 5.37. The number of aryl methyl sites for hydroxylation is 1. The maximum absolute atomic E-state index is 5.88. The lowest BCUT2D eigenvalue weighted by atomic mass is 10.2. The van der Waals surface area contributed by atoms with E-state index in [0.717, 1.165) is 28.7 Å². The maximum atomic E-state index is 5.88. The molecule has 0 aliphatic carbocycles. The molecule has 3 rings (SSSR count). The van der Waals surface area contributed by atoms with Crippen molar-refractivity contribution in [2.45, 2.75) is 13.8 Å². The van der Waals surface area contributed by atoms with Crippen molar-refractivity contribution < 1.29 is 9.47 Å². The van der Waals surface area contributed by atoms with Gasteiger partial charge in [0.1, 0.15) is 23.0 Å². The smallest absolute Gasteiger partial charge is 0.131 e. The van der Waals surface area contributed by atoms with Crippen LogP contribution >= 0.6 is 0 Å². The molecule has 3 aromatic carbocycles. The van der Waals surface area contributed by atoms with E-state index >= 15 is 0 Å². The van der Waals surface area contributed by atoms with Crippen molar-refractivity contribution in [2.75, 3.05) is 0 Å². The van der Waals surface area contributed by atoms with Gasteiger partial charge in [-0.25, -0.2) is 0 Å². The molecule has 0 aliphatic rings. The molecule has 0 spiro atoms. The van der Waals surface area contributed by atoms with Gasteiger partial charge in [-0.15, -0.1) is 0 Å². The Labute approximate surface area is 142 Å². The van der Waals surface area contributed by atoms with Crippen LogP contribution in [-0.2, 0) is 0 Å². The molecule has 0 unspecified atom stereocenters. The predicted molar refractivity (Wildman–Crippen MR) is 98.0 cm³/mol. The number of aliphatic imine (C=N–C) groups is 1. The average Bonchev–Trinajstić information content (AvgIpc) is 2.59. The first-order valence-corrected chi connectivity index (χ1v) is 7.84. The predicted octanol–water partition coefficient (Wildman–Crippen LogP) is 6.30. The zero-order valence-electron chi connectivity index (χ0n) is 13.8. The molecule has 3 aromatic rings. The molecule has 24 heavy (non-hydrogen) atoms. The second-order valence-corrected chi connectivity index (χ2v) is 5.37. The van der Waals surface area contributed by atoms with Crippen LogP contribution in [0.5, 0.6) is 23.0 Å². The highest BCUT2D eigenvalue weighted by Crippen LogP contribution is 2.29. The monoisotopic (exact) mass is 317 g/mol. The lowest BCUT2D eigenvalue weighted by Crippen LogP contribution is -1.87. The van der Waals surface area contributed by atoms with Gasteiger partial charge < -0.3 is 9.47 Å². The third-order valence-corrected chi connectivity index (χ3v) is 3.41. The van der Waals surface area contributed by atoms with E-state index in [2.05, 4.69) is 11.9 Å². The molecule has 0 N–H and O–H groups in total. The van der Waals surface area contributed by atoms with Crippen LogP contribution in [-0.4, -0.2) is 6.21 Å². The Hall–Kier alpha value is -3.07. The minimum Gasteiger partial charge on any atom is -0.457 e. The van der Waals surface area contributed by atoms with E-state index in [4.69, 9.17) is 9.47 Å². The van der Waals surface area contributed by atoms with Gasteiger partial charge in [0.15, 0.2) is 0 Å². The fourth-order valence-corrected chi connectivity index (χ4v) is 2.23. The quantitative estimate of drug-likeness (QED) is 0.517. The van der Waals surface area contributed by atoms with Crippen molar-refractivity contribution in [1.29, 1.82) is 0 Å². The number of nitrogens with zero attached hydrogens (tertiary/aromatic N) is 1. The molecule has 0 radical (unpaired) electrons. The molecule has 0 fully saturated rings. The fraction of sp³-hybridized carbons (Fsp3) is 0.0952. The molecule has 0 bridgehead atoms. The summed E-state index contributed by atoms with van der Waals surface area (Å²) < 4.78 is 11.7. The summed E-state index contributed by atoms with van der Waals surface area (Å²) in [5.74, 6) is 3.03. The van der Waals surface area contributed by atoms with Crippen LogP contribution in [0.4, 0.5) is 5.69 Å². The van der Waals surface area contributed by atoms with Crippen molar-refractivity contribution in [3.63, 3.8) is 0 Å². The van der Waals surface area contributed by atoms with Gasteiger partial charge in [0.25, 0.3) is 0 Å². The average molecular weight is 317 g/mol. The summed E-state index contributed by atoms with van der Waals surface area (Å²) in [7, 11) is 0. The van der Waals surface area contributed by atoms with Gasteiger partial charge in [-0.05, 0) is 62.4 Å². The van der Waals surface area contributed by atoms with E-state index in [1.807, 2.05) is 79.7 Å². The third-order valence-electron chi connectivity index (χ3n) is 3.41. The summed E-state index contributed by atoms with van der Waals surface area (Å²) in [4.78, 5) is 4.22. The minimum atomic E-state index is 0.728. The fourth-order valence-electron chi connectivity index (χ4n) is 2.23. The van der Waals surface area contributed by atoms with E-state index in [0.29, 0.717) is 0 Å². The number of ether oxygens (including phenoxy) is 2. The lowest BCUT2D eigenvalue weighted by Gasteiger charge is -2.09. The first-order chi connectivity index (χ1) is 11.7. The zero-order chi connectivity index (χ0) is 16.8. The minimum absolute atomic E-state index is 0.728. The molecule has 0 saturated carbocycles. The van der Waals surface area contributed by atoms with Crippen LogP contribution in [0.25, 0.3) is 0 Å². The highest BCUT2D eigenvalue weighted by Gasteiger charge is 2.02. The Morgan fingerprint density at radius 2 is 1.25 bits per heavy atom. The van der Waals surface area contributed by atoms with E-state index in [1.165, 1.54) is 5.56 Å². The van der Waals surface area contributed by atoms with Gasteiger partial charge >= 0.3 is 0 Å². The third kappa shape index (κ3) is 4.23. The van der Waals surface area contributed by atoms with Crippen LogP contribution in [0.2, 0.25) is 0 Å². The molecule has 0 aliphatic heterocycles. The van der Waals surface area contributed by atoms with Crippen molar-refractivity contribution in [1.82, 2.24) is 0 Å². The molecule has 0 saturated heterocycles. The molecular formula is C21H19NO2. The molecule has 3 nitrogen and oxygen atoms in total. The Morgan fingerprint density at radius 1 is 0.708 bits per heavy atom. The van der Waals surface area contributed by atoms with E-state index < -0.39 is 0 Å². The van der Waals surface area contributed by atoms with Gasteiger partial charge in [-0.3, -0.25) is 4.99 Å². The number of rotatable bonds is 5. The highest BCUT2D eigenvalue weighted by atomic mass is 16.5. The Morgan fingerprint density at radius 3 is 1.79 bits per heavy atom. The Kier molecular flexibility index (Phi) is 4.92. The van der Waals surface area contributed by atoms with Crippen LogP contribution in [0.1, 0.15) is 12.5 Å². The lowest BCUT2D eigenvalue weighted by molar-refractivity contribution is 0.460. The molecule has 120 valence electrons. The molecule has 0 aromatic heterocycles. The van der Waals surface area contributed by atoms with Gasteiger partial charge in [0.05, 0.1) is 5.69 Å². The van der Waals surface area contributed by atoms with Crippen LogP contribution in [0.3, 0.4) is 0 Å². The normalized spacial score (nSPS) is 10.8. The van der Waals surface area contributed by atoms with Crippen molar-refractivity contribution in [2.24, 2.45) is 4.99 Å². The highest BCUT2D eigenvalue weighted by molar-refractivity contribution is 5.60. The Balaban J connectivity index is 1.71. The van der Waals surface area contributed by atoms with E-state index in [9.17, 15) is 0 Å². The summed E-state index contributed by atoms with van der Waals surface area (Å²) in [6, 6.07) is 23.2. The maximum Gasteiger partial charge on any atom is 0.131 e. The van der Waals surface area contributed by atoms with Gasteiger partial charge in [0.2, 0.25) is 0 Å². The summed E-state index contributed by atoms with van der Waals surface area (Å²) in [6.07, 6.45) is 1.77. The first kappa shape index (κ1) is 15.8.